The third-order valence-corrected chi connectivity index (χ3v) is 3.29. The maximum absolute atomic E-state index is 12.4. The number of fused-ring (bicyclic) bond motifs is 1. The molecule has 0 saturated carbocycles. The summed E-state index contributed by atoms with van der Waals surface area (Å²) in [7, 11) is 1.33. The van der Waals surface area contributed by atoms with E-state index in [9.17, 15) is 9.59 Å². The molecule has 1 atom stereocenters. The predicted octanol–water partition coefficient (Wildman–Crippen LogP) is 1.24. The van der Waals surface area contributed by atoms with Crippen molar-refractivity contribution in [3.63, 3.8) is 0 Å². The first-order valence-electron chi connectivity index (χ1n) is 6.89. The Morgan fingerprint density at radius 1 is 1.33 bits per heavy atom. The molecule has 0 aromatic heterocycles. The lowest BCUT2D eigenvalue weighted by Gasteiger charge is -2.30. The second-order valence-electron chi connectivity index (χ2n) is 4.61. The van der Waals surface area contributed by atoms with E-state index in [-0.39, 0.29) is 24.9 Å². The van der Waals surface area contributed by atoms with Gasteiger partial charge in [0.15, 0.2) is 11.5 Å². The lowest BCUT2D eigenvalue weighted by molar-refractivity contribution is -0.144. The Hall–Kier alpha value is -2.24. The second-order valence-corrected chi connectivity index (χ2v) is 4.61. The first kappa shape index (κ1) is 15.2. The number of ether oxygens (including phenoxy) is 3. The van der Waals surface area contributed by atoms with Crippen molar-refractivity contribution in [2.75, 3.05) is 26.8 Å². The number of esters is 1. The standard InChI is InChI=1S/C15H19NO5/c1-3-16(9-8-14(17)19-2)15(18)13-10-20-11-6-4-5-7-12(11)21-13/h4-7,13H,3,8-10H2,1-2H3. The zero-order chi connectivity index (χ0) is 15.2. The minimum atomic E-state index is -0.683. The molecule has 1 unspecified atom stereocenters. The number of amides is 1. The Kier molecular flexibility index (Phi) is 5.03. The van der Waals surface area contributed by atoms with Crippen LogP contribution in [-0.4, -0.2) is 49.7 Å². The average Bonchev–Trinajstić information content (AvgIpc) is 2.54. The number of benzene rings is 1. The third-order valence-electron chi connectivity index (χ3n) is 3.29. The highest BCUT2D eigenvalue weighted by molar-refractivity contribution is 5.82. The van der Waals surface area contributed by atoms with E-state index >= 15 is 0 Å². The quantitative estimate of drug-likeness (QED) is 0.764. The van der Waals surface area contributed by atoms with Crippen LogP contribution in [0.25, 0.3) is 0 Å². The van der Waals surface area contributed by atoms with Crippen LogP contribution in [0.2, 0.25) is 0 Å². The number of likely N-dealkylation sites (N-methyl/N-ethyl adjacent to an activating group) is 1. The number of carbonyl (C=O) groups is 2. The van der Waals surface area contributed by atoms with Crippen LogP contribution in [0, 0.1) is 0 Å². The molecule has 0 N–H and O–H groups in total. The minimum Gasteiger partial charge on any atom is -0.485 e. The van der Waals surface area contributed by atoms with Crippen LogP contribution in [0.15, 0.2) is 24.3 Å². The van der Waals surface area contributed by atoms with Gasteiger partial charge in [0, 0.05) is 13.1 Å². The van der Waals surface area contributed by atoms with Crippen LogP contribution in [-0.2, 0) is 14.3 Å². The second kappa shape index (κ2) is 6.97. The summed E-state index contributed by atoms with van der Waals surface area (Å²) in [5.74, 6) is 0.675. The van der Waals surface area contributed by atoms with Gasteiger partial charge in [0.05, 0.1) is 13.5 Å². The van der Waals surface area contributed by atoms with Crippen molar-refractivity contribution in [1.29, 1.82) is 0 Å². The summed E-state index contributed by atoms with van der Waals surface area (Å²) in [5, 5.41) is 0. The van der Waals surface area contributed by atoms with Crippen molar-refractivity contribution in [2.24, 2.45) is 0 Å². The molecule has 2 rings (SSSR count). The fraction of sp³-hybridized carbons (Fsp3) is 0.467. The lowest BCUT2D eigenvalue weighted by Crippen LogP contribution is -2.47. The molecule has 1 aliphatic heterocycles. The Morgan fingerprint density at radius 3 is 2.71 bits per heavy atom. The third kappa shape index (κ3) is 3.65. The van der Waals surface area contributed by atoms with Crippen LogP contribution >= 0.6 is 0 Å². The first-order chi connectivity index (χ1) is 10.2. The zero-order valence-corrected chi connectivity index (χ0v) is 12.2. The fourth-order valence-corrected chi connectivity index (χ4v) is 2.10. The summed E-state index contributed by atoms with van der Waals surface area (Å²) in [4.78, 5) is 25.2. The molecule has 6 heteroatoms. The van der Waals surface area contributed by atoms with Crippen LogP contribution < -0.4 is 9.47 Å². The Morgan fingerprint density at radius 2 is 2.05 bits per heavy atom. The predicted molar refractivity (Wildman–Crippen MR) is 75.2 cm³/mol. The topological polar surface area (TPSA) is 65.1 Å². The molecule has 1 heterocycles. The van der Waals surface area contributed by atoms with Crippen LogP contribution in [0.3, 0.4) is 0 Å². The van der Waals surface area contributed by atoms with Crippen molar-refractivity contribution >= 4 is 11.9 Å². The molecule has 6 nitrogen and oxygen atoms in total. The SMILES string of the molecule is CCN(CCC(=O)OC)C(=O)C1COc2ccccc2O1. The molecule has 0 bridgehead atoms. The highest BCUT2D eigenvalue weighted by atomic mass is 16.6. The molecular formula is C15H19NO5. The van der Waals surface area contributed by atoms with Gasteiger partial charge in [-0.15, -0.1) is 0 Å². The van der Waals surface area contributed by atoms with E-state index in [4.69, 9.17) is 9.47 Å². The summed E-state index contributed by atoms with van der Waals surface area (Å²) < 4.78 is 15.8. The van der Waals surface area contributed by atoms with Crippen molar-refractivity contribution < 1.29 is 23.8 Å². The minimum absolute atomic E-state index is 0.167. The van der Waals surface area contributed by atoms with Gasteiger partial charge in [0.25, 0.3) is 5.91 Å². The number of para-hydroxylation sites is 2. The van der Waals surface area contributed by atoms with Gasteiger partial charge in [-0.1, -0.05) is 12.1 Å². The summed E-state index contributed by atoms with van der Waals surface area (Å²) >= 11 is 0. The fourth-order valence-electron chi connectivity index (χ4n) is 2.10. The van der Waals surface area contributed by atoms with E-state index in [2.05, 4.69) is 4.74 Å². The van der Waals surface area contributed by atoms with Gasteiger partial charge in [-0.2, -0.15) is 0 Å². The molecule has 1 aromatic carbocycles. The number of methoxy groups -OCH3 is 1. The van der Waals surface area contributed by atoms with E-state index in [0.717, 1.165) is 0 Å². The Balaban J connectivity index is 1.97. The largest absolute Gasteiger partial charge is 0.485 e. The maximum Gasteiger partial charge on any atom is 0.307 e. The summed E-state index contributed by atoms with van der Waals surface area (Å²) in [6.45, 7) is 2.83. The molecule has 114 valence electrons. The van der Waals surface area contributed by atoms with Gasteiger partial charge in [0.2, 0.25) is 6.10 Å². The van der Waals surface area contributed by atoms with Crippen molar-refractivity contribution in [3.8, 4) is 11.5 Å². The number of carbonyl (C=O) groups excluding carboxylic acids is 2. The molecule has 21 heavy (non-hydrogen) atoms. The molecule has 0 spiro atoms. The smallest absolute Gasteiger partial charge is 0.307 e. The van der Waals surface area contributed by atoms with Crippen molar-refractivity contribution in [1.82, 2.24) is 4.90 Å². The van der Waals surface area contributed by atoms with Crippen LogP contribution in [0.5, 0.6) is 11.5 Å². The Labute approximate surface area is 123 Å². The molecule has 1 aromatic rings. The summed E-state index contributed by atoms with van der Waals surface area (Å²) in [5.41, 5.74) is 0. The average molecular weight is 293 g/mol. The van der Waals surface area contributed by atoms with Gasteiger partial charge in [-0.05, 0) is 19.1 Å². The molecule has 0 saturated heterocycles. The van der Waals surface area contributed by atoms with E-state index in [1.54, 1.807) is 17.0 Å². The summed E-state index contributed by atoms with van der Waals surface area (Å²) in [6.07, 6.45) is -0.516. The van der Waals surface area contributed by atoms with Crippen molar-refractivity contribution in [3.05, 3.63) is 24.3 Å². The monoisotopic (exact) mass is 293 g/mol. The number of hydrogen-bond donors (Lipinski definition) is 0. The first-order valence-corrected chi connectivity index (χ1v) is 6.89. The van der Waals surface area contributed by atoms with Gasteiger partial charge in [-0.25, -0.2) is 0 Å². The normalized spacial score (nSPS) is 16.2. The van der Waals surface area contributed by atoms with Crippen LogP contribution in [0.4, 0.5) is 0 Å². The Bertz CT molecular complexity index is 517. The molecule has 0 aliphatic carbocycles. The molecule has 0 fully saturated rings. The highest BCUT2D eigenvalue weighted by Crippen LogP contribution is 2.31. The molecule has 1 aliphatic rings. The molecule has 1 amide bonds. The number of nitrogens with zero attached hydrogens (tertiary/aromatic N) is 1. The number of hydrogen-bond acceptors (Lipinski definition) is 5. The van der Waals surface area contributed by atoms with Gasteiger partial charge in [0.1, 0.15) is 6.61 Å². The van der Waals surface area contributed by atoms with Gasteiger partial charge in [-0.3, -0.25) is 9.59 Å². The molecular weight excluding hydrogens is 274 g/mol. The van der Waals surface area contributed by atoms with E-state index in [1.165, 1.54) is 7.11 Å². The van der Waals surface area contributed by atoms with E-state index in [0.29, 0.717) is 24.6 Å². The highest BCUT2D eigenvalue weighted by Gasteiger charge is 2.30. The van der Waals surface area contributed by atoms with Crippen molar-refractivity contribution in [2.45, 2.75) is 19.4 Å². The maximum atomic E-state index is 12.4. The van der Waals surface area contributed by atoms with E-state index < -0.39 is 6.10 Å². The van der Waals surface area contributed by atoms with Gasteiger partial charge < -0.3 is 19.1 Å². The number of rotatable bonds is 5. The van der Waals surface area contributed by atoms with E-state index in [1.807, 2.05) is 19.1 Å². The molecule has 0 radical (unpaired) electrons. The lowest BCUT2D eigenvalue weighted by atomic mass is 10.2. The van der Waals surface area contributed by atoms with Crippen LogP contribution in [0.1, 0.15) is 13.3 Å². The van der Waals surface area contributed by atoms with Gasteiger partial charge >= 0.3 is 5.97 Å². The summed E-state index contributed by atoms with van der Waals surface area (Å²) in [6, 6.07) is 7.23. The zero-order valence-electron chi connectivity index (χ0n) is 12.2.